The van der Waals surface area contributed by atoms with Gasteiger partial charge in [-0.2, -0.15) is 0 Å². The van der Waals surface area contributed by atoms with Crippen LogP contribution in [-0.4, -0.2) is 32.0 Å². The topological polar surface area (TPSA) is 63.6 Å². The standard InChI is InChI=1S/C13H18O4S/c1-18(15,16)12-6-4-11(5-7-12)17-10-13(14)8-2-3-9-13/h4-7,14H,2-3,8-10H2,1H3. The molecule has 1 aliphatic carbocycles. The van der Waals surface area contributed by atoms with Crippen molar-refractivity contribution in [3.05, 3.63) is 24.3 Å². The summed E-state index contributed by atoms with van der Waals surface area (Å²) >= 11 is 0. The van der Waals surface area contributed by atoms with Crippen LogP contribution in [-0.2, 0) is 9.84 Å². The Balaban J connectivity index is 1.98. The van der Waals surface area contributed by atoms with E-state index in [1.807, 2.05) is 0 Å². The van der Waals surface area contributed by atoms with Crippen LogP contribution in [0.3, 0.4) is 0 Å². The third-order valence-corrected chi connectivity index (χ3v) is 4.42. The largest absolute Gasteiger partial charge is 0.491 e. The number of ether oxygens (including phenoxy) is 1. The predicted molar refractivity (Wildman–Crippen MR) is 68.5 cm³/mol. The first-order chi connectivity index (χ1) is 8.39. The van der Waals surface area contributed by atoms with E-state index in [2.05, 4.69) is 0 Å². The summed E-state index contributed by atoms with van der Waals surface area (Å²) in [6.07, 6.45) is 4.78. The third-order valence-electron chi connectivity index (χ3n) is 3.29. The summed E-state index contributed by atoms with van der Waals surface area (Å²) in [6, 6.07) is 6.27. The number of sulfone groups is 1. The van der Waals surface area contributed by atoms with E-state index in [0.717, 1.165) is 25.7 Å². The lowest BCUT2D eigenvalue weighted by molar-refractivity contribution is 0.00139. The molecule has 5 heteroatoms. The van der Waals surface area contributed by atoms with Crippen LogP contribution in [0, 0.1) is 0 Å². The van der Waals surface area contributed by atoms with Gasteiger partial charge in [-0.3, -0.25) is 0 Å². The highest BCUT2D eigenvalue weighted by Gasteiger charge is 2.31. The van der Waals surface area contributed by atoms with Crippen molar-refractivity contribution in [1.82, 2.24) is 0 Å². The van der Waals surface area contributed by atoms with E-state index in [1.165, 1.54) is 18.4 Å². The molecule has 1 N–H and O–H groups in total. The summed E-state index contributed by atoms with van der Waals surface area (Å²) in [5, 5.41) is 10.1. The molecule has 0 unspecified atom stereocenters. The summed E-state index contributed by atoms with van der Waals surface area (Å²) in [5.74, 6) is 0.586. The Morgan fingerprint density at radius 1 is 1.22 bits per heavy atom. The van der Waals surface area contributed by atoms with E-state index in [-0.39, 0.29) is 11.5 Å². The minimum atomic E-state index is -3.17. The zero-order chi connectivity index (χ0) is 13.2. The average Bonchev–Trinajstić information content (AvgIpc) is 2.74. The molecule has 1 aliphatic rings. The number of rotatable bonds is 4. The summed E-state index contributed by atoms with van der Waals surface area (Å²) in [7, 11) is -3.17. The van der Waals surface area contributed by atoms with Crippen molar-refractivity contribution in [3.63, 3.8) is 0 Å². The van der Waals surface area contributed by atoms with Crippen LogP contribution in [0.25, 0.3) is 0 Å². The monoisotopic (exact) mass is 270 g/mol. The molecule has 1 aromatic carbocycles. The average molecular weight is 270 g/mol. The summed E-state index contributed by atoms with van der Waals surface area (Å²) in [6.45, 7) is 0.269. The van der Waals surface area contributed by atoms with Gasteiger partial charge in [0.05, 0.1) is 10.5 Å². The molecule has 0 amide bonds. The van der Waals surface area contributed by atoms with Crippen molar-refractivity contribution >= 4 is 9.84 Å². The van der Waals surface area contributed by atoms with E-state index >= 15 is 0 Å². The van der Waals surface area contributed by atoms with Crippen molar-refractivity contribution in [1.29, 1.82) is 0 Å². The molecule has 0 bridgehead atoms. The van der Waals surface area contributed by atoms with E-state index in [9.17, 15) is 13.5 Å². The zero-order valence-corrected chi connectivity index (χ0v) is 11.2. The Labute approximate surface area is 108 Å². The molecule has 0 heterocycles. The number of hydrogen-bond acceptors (Lipinski definition) is 4. The van der Waals surface area contributed by atoms with Crippen LogP contribution in [0.4, 0.5) is 0 Å². The molecule has 100 valence electrons. The lowest BCUT2D eigenvalue weighted by Crippen LogP contribution is -2.32. The van der Waals surface area contributed by atoms with Crippen molar-refractivity contribution in [2.45, 2.75) is 36.2 Å². The van der Waals surface area contributed by atoms with E-state index in [4.69, 9.17) is 4.74 Å². The highest BCUT2D eigenvalue weighted by atomic mass is 32.2. The minimum Gasteiger partial charge on any atom is -0.491 e. The van der Waals surface area contributed by atoms with Crippen molar-refractivity contribution < 1.29 is 18.3 Å². The molecule has 0 radical (unpaired) electrons. The fourth-order valence-electron chi connectivity index (χ4n) is 2.18. The van der Waals surface area contributed by atoms with Crippen LogP contribution in [0.1, 0.15) is 25.7 Å². The van der Waals surface area contributed by atoms with E-state index < -0.39 is 15.4 Å². The van der Waals surface area contributed by atoms with Crippen molar-refractivity contribution in [2.75, 3.05) is 12.9 Å². The van der Waals surface area contributed by atoms with Gasteiger partial charge in [0.2, 0.25) is 0 Å². The van der Waals surface area contributed by atoms with Crippen LogP contribution in [0.2, 0.25) is 0 Å². The molecule has 0 spiro atoms. The van der Waals surface area contributed by atoms with Crippen LogP contribution in [0.5, 0.6) is 5.75 Å². The Bertz CT molecular complexity index is 498. The maximum atomic E-state index is 11.3. The van der Waals surface area contributed by atoms with Crippen LogP contribution >= 0.6 is 0 Å². The second kappa shape index (κ2) is 4.90. The molecule has 1 aromatic rings. The molecular weight excluding hydrogens is 252 g/mol. The normalized spacial score (nSPS) is 18.8. The fourth-order valence-corrected chi connectivity index (χ4v) is 2.81. The van der Waals surface area contributed by atoms with Gasteiger partial charge in [-0.15, -0.1) is 0 Å². The van der Waals surface area contributed by atoms with Gasteiger partial charge in [0, 0.05) is 6.26 Å². The first kappa shape index (κ1) is 13.4. The Hall–Kier alpha value is -1.07. The zero-order valence-electron chi connectivity index (χ0n) is 10.4. The van der Waals surface area contributed by atoms with Gasteiger partial charge in [0.1, 0.15) is 12.4 Å². The smallest absolute Gasteiger partial charge is 0.175 e. The summed E-state index contributed by atoms with van der Waals surface area (Å²) in [5.41, 5.74) is -0.713. The first-order valence-electron chi connectivity index (χ1n) is 6.04. The lowest BCUT2D eigenvalue weighted by atomic mass is 10.0. The molecule has 0 atom stereocenters. The number of hydrogen-bond donors (Lipinski definition) is 1. The second-order valence-corrected chi connectivity index (χ2v) is 6.98. The lowest BCUT2D eigenvalue weighted by Gasteiger charge is -2.22. The van der Waals surface area contributed by atoms with Crippen LogP contribution < -0.4 is 4.74 Å². The molecule has 2 rings (SSSR count). The van der Waals surface area contributed by atoms with Gasteiger partial charge in [0.25, 0.3) is 0 Å². The highest BCUT2D eigenvalue weighted by molar-refractivity contribution is 7.90. The van der Waals surface area contributed by atoms with Gasteiger partial charge in [0.15, 0.2) is 9.84 Å². The highest BCUT2D eigenvalue weighted by Crippen LogP contribution is 2.30. The maximum absolute atomic E-state index is 11.3. The van der Waals surface area contributed by atoms with Gasteiger partial charge < -0.3 is 9.84 Å². The molecule has 0 aliphatic heterocycles. The minimum absolute atomic E-state index is 0.269. The molecule has 4 nitrogen and oxygen atoms in total. The Morgan fingerprint density at radius 2 is 1.78 bits per heavy atom. The number of benzene rings is 1. The predicted octanol–water partition coefficient (Wildman–Crippen LogP) is 1.77. The molecule has 1 fully saturated rings. The Kier molecular flexibility index (Phi) is 3.64. The van der Waals surface area contributed by atoms with E-state index in [0.29, 0.717) is 5.75 Å². The summed E-state index contributed by atoms with van der Waals surface area (Å²) < 4.78 is 28.1. The maximum Gasteiger partial charge on any atom is 0.175 e. The van der Waals surface area contributed by atoms with E-state index in [1.54, 1.807) is 12.1 Å². The van der Waals surface area contributed by atoms with Gasteiger partial charge in [-0.25, -0.2) is 8.42 Å². The number of aliphatic hydroxyl groups is 1. The first-order valence-corrected chi connectivity index (χ1v) is 7.94. The molecule has 1 saturated carbocycles. The van der Waals surface area contributed by atoms with Crippen molar-refractivity contribution in [2.24, 2.45) is 0 Å². The SMILES string of the molecule is CS(=O)(=O)c1ccc(OCC2(O)CCCC2)cc1. The molecule has 0 saturated heterocycles. The van der Waals surface area contributed by atoms with Gasteiger partial charge in [-0.1, -0.05) is 12.8 Å². The van der Waals surface area contributed by atoms with Crippen LogP contribution in [0.15, 0.2) is 29.2 Å². The van der Waals surface area contributed by atoms with Gasteiger partial charge >= 0.3 is 0 Å². The van der Waals surface area contributed by atoms with Gasteiger partial charge in [-0.05, 0) is 37.1 Å². The fraction of sp³-hybridized carbons (Fsp3) is 0.538. The quantitative estimate of drug-likeness (QED) is 0.905. The molecular formula is C13H18O4S. The third kappa shape index (κ3) is 3.23. The summed E-state index contributed by atoms with van der Waals surface area (Å²) in [4.78, 5) is 0.273. The van der Waals surface area contributed by atoms with Crippen molar-refractivity contribution in [3.8, 4) is 5.75 Å². The molecule has 0 aromatic heterocycles. The Morgan fingerprint density at radius 3 is 2.28 bits per heavy atom. The second-order valence-electron chi connectivity index (χ2n) is 4.96. The molecule has 18 heavy (non-hydrogen) atoms.